The molecule has 2 amide bonds. The van der Waals surface area contributed by atoms with Crippen molar-refractivity contribution in [2.75, 3.05) is 12.0 Å². The minimum Gasteiger partial charge on any atom is -0.348 e. The van der Waals surface area contributed by atoms with Crippen molar-refractivity contribution >= 4 is 11.8 Å². The SMILES string of the molecule is CCCCCNC(=O)C(=O)Nn1cnnc1. The van der Waals surface area contributed by atoms with E-state index in [1.807, 2.05) is 0 Å². The molecule has 88 valence electrons. The zero-order valence-electron chi connectivity index (χ0n) is 9.14. The van der Waals surface area contributed by atoms with Crippen LogP contribution in [0.5, 0.6) is 0 Å². The molecule has 0 spiro atoms. The molecule has 0 bridgehead atoms. The van der Waals surface area contributed by atoms with Crippen LogP contribution in [0, 0.1) is 0 Å². The summed E-state index contributed by atoms with van der Waals surface area (Å²) in [5.41, 5.74) is 2.30. The van der Waals surface area contributed by atoms with Crippen molar-refractivity contribution in [1.29, 1.82) is 0 Å². The van der Waals surface area contributed by atoms with Crippen LogP contribution >= 0.6 is 0 Å². The molecule has 0 saturated heterocycles. The Labute approximate surface area is 93.2 Å². The third-order valence-corrected chi connectivity index (χ3v) is 1.92. The molecule has 0 aliphatic rings. The molecule has 0 fully saturated rings. The van der Waals surface area contributed by atoms with Gasteiger partial charge in [0, 0.05) is 6.54 Å². The summed E-state index contributed by atoms with van der Waals surface area (Å²) >= 11 is 0. The van der Waals surface area contributed by atoms with Crippen molar-refractivity contribution in [1.82, 2.24) is 20.2 Å². The fraction of sp³-hybridized carbons (Fsp3) is 0.556. The van der Waals surface area contributed by atoms with Crippen LogP contribution in [0.15, 0.2) is 12.7 Å². The van der Waals surface area contributed by atoms with Gasteiger partial charge in [-0.05, 0) is 6.42 Å². The number of hydrogen-bond donors (Lipinski definition) is 2. The molecule has 1 heterocycles. The van der Waals surface area contributed by atoms with Gasteiger partial charge in [-0.25, -0.2) is 4.68 Å². The average molecular weight is 225 g/mol. The van der Waals surface area contributed by atoms with Gasteiger partial charge in [-0.3, -0.25) is 15.0 Å². The first-order valence-corrected chi connectivity index (χ1v) is 5.18. The van der Waals surface area contributed by atoms with Crippen molar-refractivity contribution in [2.24, 2.45) is 0 Å². The van der Waals surface area contributed by atoms with E-state index in [1.165, 1.54) is 17.3 Å². The van der Waals surface area contributed by atoms with Gasteiger partial charge in [0.2, 0.25) is 0 Å². The molecule has 0 atom stereocenters. The second-order valence-electron chi connectivity index (χ2n) is 3.27. The monoisotopic (exact) mass is 225 g/mol. The van der Waals surface area contributed by atoms with Gasteiger partial charge >= 0.3 is 11.8 Å². The predicted octanol–water partition coefficient (Wildman–Crippen LogP) is -0.345. The highest BCUT2D eigenvalue weighted by Crippen LogP contribution is 1.90. The first-order chi connectivity index (χ1) is 7.74. The van der Waals surface area contributed by atoms with E-state index in [9.17, 15) is 9.59 Å². The minimum absolute atomic E-state index is 0.516. The number of carbonyl (C=O) groups excluding carboxylic acids is 2. The van der Waals surface area contributed by atoms with E-state index in [1.54, 1.807) is 0 Å². The Morgan fingerprint density at radius 2 is 1.88 bits per heavy atom. The fourth-order valence-corrected chi connectivity index (χ4v) is 1.08. The summed E-state index contributed by atoms with van der Waals surface area (Å²) in [6.45, 7) is 2.59. The molecule has 1 aromatic rings. The van der Waals surface area contributed by atoms with Crippen LogP contribution in [0.3, 0.4) is 0 Å². The number of hydrogen-bond acceptors (Lipinski definition) is 4. The van der Waals surface area contributed by atoms with E-state index in [4.69, 9.17) is 0 Å². The van der Waals surface area contributed by atoms with Gasteiger partial charge < -0.3 is 5.32 Å². The number of carbonyl (C=O) groups is 2. The third-order valence-electron chi connectivity index (χ3n) is 1.92. The maximum Gasteiger partial charge on any atom is 0.328 e. The van der Waals surface area contributed by atoms with Crippen molar-refractivity contribution < 1.29 is 9.59 Å². The third kappa shape index (κ3) is 4.07. The summed E-state index contributed by atoms with van der Waals surface area (Å²) in [6.07, 6.45) is 5.57. The molecule has 16 heavy (non-hydrogen) atoms. The highest BCUT2D eigenvalue weighted by Gasteiger charge is 2.12. The maximum atomic E-state index is 11.3. The normalized spacial score (nSPS) is 9.81. The maximum absolute atomic E-state index is 11.3. The molecule has 0 saturated carbocycles. The van der Waals surface area contributed by atoms with Crippen LogP contribution in [0.4, 0.5) is 0 Å². The lowest BCUT2D eigenvalue weighted by Crippen LogP contribution is -2.38. The molecular formula is C9H15N5O2. The van der Waals surface area contributed by atoms with Crippen LogP contribution in [0.1, 0.15) is 26.2 Å². The smallest absolute Gasteiger partial charge is 0.328 e. The van der Waals surface area contributed by atoms with Crippen LogP contribution in [-0.4, -0.2) is 33.2 Å². The Balaban J connectivity index is 2.23. The standard InChI is InChI=1S/C9H15N5O2/c1-2-3-4-5-10-8(15)9(16)13-14-6-11-12-7-14/h6-7H,2-5H2,1H3,(H,10,15)(H,13,16). The van der Waals surface area contributed by atoms with Crippen molar-refractivity contribution in [3.05, 3.63) is 12.7 Å². The molecule has 1 rings (SSSR count). The molecule has 7 nitrogen and oxygen atoms in total. The van der Waals surface area contributed by atoms with Gasteiger partial charge in [0.15, 0.2) is 0 Å². The summed E-state index contributed by atoms with van der Waals surface area (Å²) in [6, 6.07) is 0. The summed E-state index contributed by atoms with van der Waals surface area (Å²) in [5.74, 6) is -1.37. The van der Waals surface area contributed by atoms with Gasteiger partial charge in [-0.2, -0.15) is 0 Å². The van der Waals surface area contributed by atoms with E-state index in [0.717, 1.165) is 19.3 Å². The molecule has 0 unspecified atom stereocenters. The number of rotatable bonds is 5. The zero-order valence-corrected chi connectivity index (χ0v) is 9.14. The lowest BCUT2D eigenvalue weighted by atomic mass is 10.2. The number of nitrogens with zero attached hydrogens (tertiary/aromatic N) is 3. The van der Waals surface area contributed by atoms with Gasteiger partial charge in [0.05, 0.1) is 0 Å². The van der Waals surface area contributed by atoms with Crippen molar-refractivity contribution in [3.63, 3.8) is 0 Å². The molecule has 2 N–H and O–H groups in total. The van der Waals surface area contributed by atoms with E-state index in [-0.39, 0.29) is 0 Å². The van der Waals surface area contributed by atoms with Crippen LogP contribution in [0.25, 0.3) is 0 Å². The highest BCUT2D eigenvalue weighted by molar-refractivity contribution is 6.38. The zero-order chi connectivity index (χ0) is 11.8. The molecule has 0 aliphatic carbocycles. The van der Waals surface area contributed by atoms with Gasteiger partial charge in [-0.1, -0.05) is 19.8 Å². The van der Waals surface area contributed by atoms with E-state index < -0.39 is 11.8 Å². The Morgan fingerprint density at radius 1 is 1.19 bits per heavy atom. The first-order valence-electron chi connectivity index (χ1n) is 5.18. The Hall–Kier alpha value is -1.92. The second kappa shape index (κ2) is 6.54. The van der Waals surface area contributed by atoms with Crippen LogP contribution in [-0.2, 0) is 9.59 Å². The molecule has 7 heteroatoms. The fourth-order valence-electron chi connectivity index (χ4n) is 1.08. The van der Waals surface area contributed by atoms with Gasteiger partial charge in [-0.15, -0.1) is 10.2 Å². The quantitative estimate of drug-likeness (QED) is 0.529. The topological polar surface area (TPSA) is 88.9 Å². The largest absolute Gasteiger partial charge is 0.348 e. The summed E-state index contributed by atoms with van der Waals surface area (Å²) in [5, 5.41) is 9.50. The highest BCUT2D eigenvalue weighted by atomic mass is 16.2. The van der Waals surface area contributed by atoms with E-state index in [0.29, 0.717) is 6.54 Å². The van der Waals surface area contributed by atoms with Crippen molar-refractivity contribution in [3.8, 4) is 0 Å². The number of amides is 2. The lowest BCUT2D eigenvalue weighted by molar-refractivity contribution is -0.136. The second-order valence-corrected chi connectivity index (χ2v) is 3.27. The van der Waals surface area contributed by atoms with Crippen LogP contribution < -0.4 is 10.7 Å². The van der Waals surface area contributed by atoms with Crippen molar-refractivity contribution in [2.45, 2.75) is 26.2 Å². The Kier molecular flexibility index (Phi) is 4.97. The summed E-state index contributed by atoms with van der Waals surface area (Å²) in [7, 11) is 0. The predicted molar refractivity (Wildman–Crippen MR) is 56.9 cm³/mol. The molecular weight excluding hydrogens is 210 g/mol. The van der Waals surface area contributed by atoms with Gasteiger partial charge in [0.1, 0.15) is 12.7 Å². The van der Waals surface area contributed by atoms with Crippen LogP contribution in [0.2, 0.25) is 0 Å². The molecule has 1 aromatic heterocycles. The molecule has 0 radical (unpaired) electrons. The lowest BCUT2D eigenvalue weighted by Gasteiger charge is -2.05. The molecule has 0 aromatic carbocycles. The number of aromatic nitrogens is 3. The number of unbranched alkanes of at least 4 members (excludes halogenated alkanes) is 2. The van der Waals surface area contributed by atoms with E-state index >= 15 is 0 Å². The first kappa shape index (κ1) is 12.2. The Bertz CT molecular complexity index is 336. The minimum atomic E-state index is -0.726. The Morgan fingerprint density at radius 3 is 2.50 bits per heavy atom. The average Bonchev–Trinajstić information content (AvgIpc) is 2.76. The molecule has 0 aliphatic heterocycles. The summed E-state index contributed by atoms with van der Waals surface area (Å²) in [4.78, 5) is 22.5. The van der Waals surface area contributed by atoms with Gasteiger partial charge in [0.25, 0.3) is 0 Å². The van der Waals surface area contributed by atoms with E-state index in [2.05, 4.69) is 27.9 Å². The number of nitrogens with one attached hydrogen (secondary N) is 2. The summed E-state index contributed by atoms with van der Waals surface area (Å²) < 4.78 is 1.22.